The van der Waals surface area contributed by atoms with E-state index in [0.29, 0.717) is 5.92 Å². The maximum absolute atomic E-state index is 12.8. The Morgan fingerprint density at radius 1 is 1.35 bits per heavy atom. The fourth-order valence-electron chi connectivity index (χ4n) is 2.37. The quantitative estimate of drug-likeness (QED) is 0.880. The number of hydrogen-bond acceptors (Lipinski definition) is 2. The summed E-state index contributed by atoms with van der Waals surface area (Å²) < 4.78 is 12.8. The maximum Gasteiger partial charge on any atom is 0.123 e. The normalized spacial score (nSPS) is 25.4. The van der Waals surface area contributed by atoms with Crippen molar-refractivity contribution in [2.75, 3.05) is 20.1 Å². The molecule has 1 heterocycles. The van der Waals surface area contributed by atoms with Crippen LogP contribution in [0.25, 0.3) is 0 Å². The predicted octanol–water partition coefficient (Wildman–Crippen LogP) is 2.07. The first-order valence-electron chi connectivity index (χ1n) is 5.83. The van der Waals surface area contributed by atoms with Gasteiger partial charge in [-0.15, -0.1) is 12.4 Å². The Labute approximate surface area is 108 Å². The lowest BCUT2D eigenvalue weighted by Gasteiger charge is -2.34. The molecule has 0 amide bonds. The second-order valence-corrected chi connectivity index (χ2v) is 4.81. The van der Waals surface area contributed by atoms with Gasteiger partial charge in [0.15, 0.2) is 0 Å². The van der Waals surface area contributed by atoms with E-state index >= 15 is 0 Å². The van der Waals surface area contributed by atoms with Gasteiger partial charge in [-0.25, -0.2) is 4.39 Å². The highest BCUT2D eigenvalue weighted by Crippen LogP contribution is 2.19. The van der Waals surface area contributed by atoms with Crippen LogP contribution in [0.5, 0.6) is 0 Å². The standard InChI is InChI=1S/C13H19FN2.ClH/c1-16-7-6-13(15)11(9-16)8-10-2-4-12(14)5-3-10;/h2-5,11,13H,6-9,15H2,1H3;1H. The molecule has 2 N–H and O–H groups in total. The van der Waals surface area contributed by atoms with Gasteiger partial charge in [-0.3, -0.25) is 0 Å². The third-order valence-corrected chi connectivity index (χ3v) is 3.41. The smallest absolute Gasteiger partial charge is 0.123 e. The van der Waals surface area contributed by atoms with E-state index in [1.807, 2.05) is 12.1 Å². The van der Waals surface area contributed by atoms with E-state index in [1.54, 1.807) is 0 Å². The lowest BCUT2D eigenvalue weighted by Crippen LogP contribution is -2.46. The molecule has 1 aromatic carbocycles. The van der Waals surface area contributed by atoms with E-state index in [2.05, 4.69) is 11.9 Å². The molecule has 2 nitrogen and oxygen atoms in total. The summed E-state index contributed by atoms with van der Waals surface area (Å²) in [7, 11) is 2.13. The van der Waals surface area contributed by atoms with Crippen LogP contribution in [0, 0.1) is 11.7 Å². The average Bonchev–Trinajstić information content (AvgIpc) is 2.27. The van der Waals surface area contributed by atoms with Crippen LogP contribution in [0.1, 0.15) is 12.0 Å². The van der Waals surface area contributed by atoms with Crippen molar-refractivity contribution >= 4 is 12.4 Å². The highest BCUT2D eigenvalue weighted by Gasteiger charge is 2.24. The maximum atomic E-state index is 12.8. The number of rotatable bonds is 2. The summed E-state index contributed by atoms with van der Waals surface area (Å²) >= 11 is 0. The van der Waals surface area contributed by atoms with Gasteiger partial charge in [0.05, 0.1) is 0 Å². The lowest BCUT2D eigenvalue weighted by molar-refractivity contribution is 0.185. The molecule has 1 saturated heterocycles. The molecule has 2 atom stereocenters. The van der Waals surface area contributed by atoms with Gasteiger partial charge in [0.2, 0.25) is 0 Å². The molecular weight excluding hydrogens is 239 g/mol. The Hall–Kier alpha value is -0.640. The number of nitrogens with zero attached hydrogens (tertiary/aromatic N) is 1. The molecule has 0 saturated carbocycles. The van der Waals surface area contributed by atoms with Crippen LogP contribution in [0.2, 0.25) is 0 Å². The van der Waals surface area contributed by atoms with Crippen LogP contribution < -0.4 is 5.73 Å². The molecule has 0 spiro atoms. The summed E-state index contributed by atoms with van der Waals surface area (Å²) in [4.78, 5) is 2.32. The average molecular weight is 259 g/mol. The summed E-state index contributed by atoms with van der Waals surface area (Å²) in [6, 6.07) is 7.04. The molecule has 0 aliphatic carbocycles. The summed E-state index contributed by atoms with van der Waals surface area (Å²) in [5, 5.41) is 0. The van der Waals surface area contributed by atoms with E-state index < -0.39 is 0 Å². The SMILES string of the molecule is CN1CCC(N)C(Cc2ccc(F)cc2)C1.Cl. The summed E-state index contributed by atoms with van der Waals surface area (Å²) in [5.41, 5.74) is 7.30. The number of likely N-dealkylation sites (tertiary alicyclic amines) is 1. The molecule has 1 aliphatic heterocycles. The van der Waals surface area contributed by atoms with Crippen molar-refractivity contribution in [3.8, 4) is 0 Å². The molecule has 1 aliphatic rings. The molecule has 1 fully saturated rings. The minimum Gasteiger partial charge on any atom is -0.327 e. The monoisotopic (exact) mass is 258 g/mol. The van der Waals surface area contributed by atoms with Crippen molar-refractivity contribution in [3.63, 3.8) is 0 Å². The fraction of sp³-hybridized carbons (Fsp3) is 0.538. The zero-order valence-corrected chi connectivity index (χ0v) is 10.9. The Kier molecular flexibility index (Phi) is 5.37. The number of hydrogen-bond donors (Lipinski definition) is 1. The molecule has 1 aromatic rings. The molecule has 0 bridgehead atoms. The van der Waals surface area contributed by atoms with E-state index in [0.717, 1.165) is 25.9 Å². The third kappa shape index (κ3) is 3.95. The zero-order chi connectivity index (χ0) is 11.5. The van der Waals surface area contributed by atoms with Crippen LogP contribution in [0.3, 0.4) is 0 Å². The summed E-state index contributed by atoms with van der Waals surface area (Å²) in [6.45, 7) is 2.12. The van der Waals surface area contributed by atoms with E-state index in [4.69, 9.17) is 5.73 Å². The van der Waals surface area contributed by atoms with Crippen molar-refractivity contribution in [2.45, 2.75) is 18.9 Å². The lowest BCUT2D eigenvalue weighted by atomic mass is 9.87. The number of halogens is 2. The Bertz CT molecular complexity index is 342. The first kappa shape index (κ1) is 14.4. The van der Waals surface area contributed by atoms with Gasteiger partial charge in [-0.2, -0.15) is 0 Å². The van der Waals surface area contributed by atoms with Crippen molar-refractivity contribution in [1.29, 1.82) is 0 Å². The summed E-state index contributed by atoms with van der Waals surface area (Å²) in [5.74, 6) is 0.318. The second kappa shape index (κ2) is 6.34. The molecule has 4 heteroatoms. The first-order valence-corrected chi connectivity index (χ1v) is 5.83. The highest BCUT2D eigenvalue weighted by atomic mass is 35.5. The van der Waals surface area contributed by atoms with E-state index in [9.17, 15) is 4.39 Å². The van der Waals surface area contributed by atoms with Crippen LogP contribution in [-0.4, -0.2) is 31.1 Å². The van der Waals surface area contributed by atoms with Crippen molar-refractivity contribution in [2.24, 2.45) is 11.7 Å². The van der Waals surface area contributed by atoms with Gasteiger partial charge in [-0.1, -0.05) is 12.1 Å². The van der Waals surface area contributed by atoms with Crippen LogP contribution in [0.15, 0.2) is 24.3 Å². The Balaban J connectivity index is 0.00000144. The largest absolute Gasteiger partial charge is 0.327 e. The van der Waals surface area contributed by atoms with Gasteiger partial charge in [0.25, 0.3) is 0 Å². The fourth-order valence-corrected chi connectivity index (χ4v) is 2.37. The number of benzene rings is 1. The minimum atomic E-state index is -0.172. The third-order valence-electron chi connectivity index (χ3n) is 3.41. The molecule has 0 aromatic heterocycles. The number of piperidine rings is 1. The van der Waals surface area contributed by atoms with Crippen LogP contribution in [-0.2, 0) is 6.42 Å². The number of nitrogens with two attached hydrogens (primary N) is 1. The van der Waals surface area contributed by atoms with Crippen molar-refractivity contribution < 1.29 is 4.39 Å². The Morgan fingerprint density at radius 3 is 2.65 bits per heavy atom. The molecule has 0 radical (unpaired) electrons. The molecule has 96 valence electrons. The van der Waals surface area contributed by atoms with Gasteiger partial charge in [0.1, 0.15) is 5.82 Å². The zero-order valence-electron chi connectivity index (χ0n) is 10.1. The van der Waals surface area contributed by atoms with E-state index in [1.165, 1.54) is 17.7 Å². The molecule has 2 rings (SSSR count). The van der Waals surface area contributed by atoms with Crippen LogP contribution >= 0.6 is 12.4 Å². The molecule has 17 heavy (non-hydrogen) atoms. The Morgan fingerprint density at radius 2 is 2.00 bits per heavy atom. The van der Waals surface area contributed by atoms with Crippen molar-refractivity contribution in [1.82, 2.24) is 4.90 Å². The van der Waals surface area contributed by atoms with Gasteiger partial charge in [-0.05, 0) is 50.0 Å². The predicted molar refractivity (Wildman–Crippen MR) is 70.9 cm³/mol. The van der Waals surface area contributed by atoms with Crippen LogP contribution in [0.4, 0.5) is 4.39 Å². The van der Waals surface area contributed by atoms with Crippen molar-refractivity contribution in [3.05, 3.63) is 35.6 Å². The van der Waals surface area contributed by atoms with Gasteiger partial charge >= 0.3 is 0 Å². The second-order valence-electron chi connectivity index (χ2n) is 4.81. The molecular formula is C13H20ClFN2. The highest BCUT2D eigenvalue weighted by molar-refractivity contribution is 5.85. The van der Waals surface area contributed by atoms with Gasteiger partial charge < -0.3 is 10.6 Å². The minimum absolute atomic E-state index is 0. The van der Waals surface area contributed by atoms with Gasteiger partial charge in [0, 0.05) is 12.6 Å². The first-order chi connectivity index (χ1) is 7.65. The van der Waals surface area contributed by atoms with E-state index in [-0.39, 0.29) is 24.3 Å². The molecule has 2 unspecified atom stereocenters. The summed E-state index contributed by atoms with van der Waals surface area (Å²) in [6.07, 6.45) is 2.01. The topological polar surface area (TPSA) is 29.3 Å².